The smallest absolute Gasteiger partial charge is 0.186 e. The Kier molecular flexibility index (Phi) is 3.65. The molecule has 0 bridgehead atoms. The third-order valence-corrected chi connectivity index (χ3v) is 5.41. The molecule has 1 aliphatic heterocycles. The van der Waals surface area contributed by atoms with Crippen molar-refractivity contribution in [2.45, 2.75) is 13.8 Å². The number of hydrogen-bond donors (Lipinski definition) is 0. The summed E-state index contributed by atoms with van der Waals surface area (Å²) >= 11 is 1.81. The molecule has 1 fully saturated rings. The van der Waals surface area contributed by atoms with Gasteiger partial charge in [0.1, 0.15) is 5.82 Å². The van der Waals surface area contributed by atoms with Gasteiger partial charge in [-0.15, -0.1) is 0 Å². The molecule has 0 amide bonds. The van der Waals surface area contributed by atoms with E-state index in [0.717, 1.165) is 42.6 Å². The minimum atomic E-state index is 0.991. The van der Waals surface area contributed by atoms with Gasteiger partial charge in [0.15, 0.2) is 5.13 Å². The van der Waals surface area contributed by atoms with Crippen molar-refractivity contribution < 1.29 is 0 Å². The standard InChI is InChI=1S/C18H20N4S/c1-13-11-14(2)17-15(12-13)23-18(20-17)22-9-7-21(8-10-22)16-5-3-4-6-19-16/h3-6,11-12H,7-10H2,1-2H3. The summed E-state index contributed by atoms with van der Waals surface area (Å²) in [5.41, 5.74) is 3.74. The number of rotatable bonds is 2. The Morgan fingerprint density at radius 1 is 1.00 bits per heavy atom. The summed E-state index contributed by atoms with van der Waals surface area (Å²) in [5, 5.41) is 1.15. The highest BCUT2D eigenvalue weighted by molar-refractivity contribution is 7.22. The molecule has 0 N–H and O–H groups in total. The Hall–Kier alpha value is -2.14. The van der Waals surface area contributed by atoms with Gasteiger partial charge in [-0.3, -0.25) is 0 Å². The summed E-state index contributed by atoms with van der Waals surface area (Å²) in [6.07, 6.45) is 1.86. The molecule has 5 heteroatoms. The van der Waals surface area contributed by atoms with Crippen molar-refractivity contribution in [1.82, 2.24) is 9.97 Å². The number of aromatic nitrogens is 2. The molecule has 0 radical (unpaired) electrons. The fraction of sp³-hybridized carbons (Fsp3) is 0.333. The third-order valence-electron chi connectivity index (χ3n) is 4.34. The highest BCUT2D eigenvalue weighted by Crippen LogP contribution is 2.32. The second-order valence-corrected chi connectivity index (χ2v) is 7.10. The van der Waals surface area contributed by atoms with Gasteiger partial charge in [-0.1, -0.05) is 23.5 Å². The van der Waals surface area contributed by atoms with Crippen LogP contribution >= 0.6 is 11.3 Å². The minimum Gasteiger partial charge on any atom is -0.353 e. The van der Waals surface area contributed by atoms with E-state index in [9.17, 15) is 0 Å². The number of nitrogens with zero attached hydrogens (tertiary/aromatic N) is 4. The van der Waals surface area contributed by atoms with Gasteiger partial charge in [-0.05, 0) is 43.2 Å². The van der Waals surface area contributed by atoms with Gasteiger partial charge in [0.05, 0.1) is 10.2 Å². The Bertz CT molecular complexity index is 820. The molecule has 23 heavy (non-hydrogen) atoms. The van der Waals surface area contributed by atoms with Gasteiger partial charge in [0, 0.05) is 32.4 Å². The Morgan fingerprint density at radius 3 is 2.52 bits per heavy atom. The van der Waals surface area contributed by atoms with Crippen LogP contribution in [0.1, 0.15) is 11.1 Å². The van der Waals surface area contributed by atoms with Crippen LogP contribution < -0.4 is 9.80 Å². The zero-order chi connectivity index (χ0) is 15.8. The maximum Gasteiger partial charge on any atom is 0.186 e. The predicted octanol–water partition coefficient (Wildman–Crippen LogP) is 3.63. The van der Waals surface area contributed by atoms with Crippen molar-refractivity contribution in [3.05, 3.63) is 47.7 Å². The van der Waals surface area contributed by atoms with E-state index in [1.165, 1.54) is 15.8 Å². The number of hydrogen-bond acceptors (Lipinski definition) is 5. The number of fused-ring (bicyclic) bond motifs is 1. The van der Waals surface area contributed by atoms with E-state index in [2.05, 4.69) is 46.8 Å². The van der Waals surface area contributed by atoms with Crippen molar-refractivity contribution in [3.63, 3.8) is 0 Å². The molecule has 118 valence electrons. The Morgan fingerprint density at radius 2 is 1.78 bits per heavy atom. The van der Waals surface area contributed by atoms with Gasteiger partial charge in [-0.2, -0.15) is 0 Å². The molecule has 0 spiro atoms. The number of pyridine rings is 1. The average molecular weight is 324 g/mol. The molecule has 1 aromatic carbocycles. The van der Waals surface area contributed by atoms with Crippen LogP contribution in [-0.2, 0) is 0 Å². The number of thiazole rings is 1. The van der Waals surface area contributed by atoms with Crippen LogP contribution in [0.2, 0.25) is 0 Å². The van der Waals surface area contributed by atoms with Gasteiger partial charge >= 0.3 is 0 Å². The SMILES string of the molecule is Cc1cc(C)c2nc(N3CCN(c4ccccn4)CC3)sc2c1. The zero-order valence-corrected chi connectivity index (χ0v) is 14.3. The van der Waals surface area contributed by atoms with Gasteiger partial charge in [0.2, 0.25) is 0 Å². The lowest BCUT2D eigenvalue weighted by molar-refractivity contribution is 0.646. The molecular formula is C18H20N4S. The second kappa shape index (κ2) is 5.81. The van der Waals surface area contributed by atoms with Crippen LogP contribution in [0.5, 0.6) is 0 Å². The first-order valence-corrected chi connectivity index (χ1v) is 8.81. The van der Waals surface area contributed by atoms with Gasteiger partial charge < -0.3 is 9.80 Å². The average Bonchev–Trinajstić information content (AvgIpc) is 3.00. The lowest BCUT2D eigenvalue weighted by Gasteiger charge is -2.35. The van der Waals surface area contributed by atoms with Crippen LogP contribution in [0, 0.1) is 13.8 Å². The molecule has 3 heterocycles. The van der Waals surface area contributed by atoms with E-state index in [1.807, 2.05) is 29.7 Å². The van der Waals surface area contributed by atoms with Crippen LogP contribution in [0.3, 0.4) is 0 Å². The fourth-order valence-corrected chi connectivity index (χ4v) is 4.36. The zero-order valence-electron chi connectivity index (χ0n) is 13.5. The first kappa shape index (κ1) is 14.5. The van der Waals surface area contributed by atoms with Crippen LogP contribution in [0.4, 0.5) is 10.9 Å². The van der Waals surface area contributed by atoms with E-state index in [4.69, 9.17) is 4.98 Å². The molecule has 4 rings (SSSR count). The molecule has 0 saturated carbocycles. The van der Waals surface area contributed by atoms with Gasteiger partial charge in [-0.25, -0.2) is 9.97 Å². The Balaban J connectivity index is 1.53. The number of aryl methyl sites for hydroxylation is 2. The molecule has 1 aliphatic rings. The summed E-state index contributed by atoms with van der Waals surface area (Å²) < 4.78 is 1.30. The summed E-state index contributed by atoms with van der Waals surface area (Å²) in [5.74, 6) is 1.07. The minimum absolute atomic E-state index is 0.991. The first-order chi connectivity index (χ1) is 11.2. The number of anilines is 2. The molecule has 0 aliphatic carbocycles. The summed E-state index contributed by atoms with van der Waals surface area (Å²) in [6.45, 7) is 8.27. The van der Waals surface area contributed by atoms with E-state index >= 15 is 0 Å². The summed E-state index contributed by atoms with van der Waals surface area (Å²) in [6, 6.07) is 10.6. The summed E-state index contributed by atoms with van der Waals surface area (Å²) in [7, 11) is 0. The quantitative estimate of drug-likeness (QED) is 0.720. The van der Waals surface area contributed by atoms with Crippen LogP contribution in [0.15, 0.2) is 36.5 Å². The highest BCUT2D eigenvalue weighted by Gasteiger charge is 2.20. The second-order valence-electron chi connectivity index (χ2n) is 6.09. The normalized spacial score (nSPS) is 15.4. The maximum atomic E-state index is 4.89. The molecule has 0 atom stereocenters. The molecule has 0 unspecified atom stereocenters. The predicted molar refractivity (Wildman–Crippen MR) is 97.8 cm³/mol. The molecule has 1 saturated heterocycles. The Labute approximate surface area is 140 Å². The van der Waals surface area contributed by atoms with E-state index in [0.29, 0.717) is 0 Å². The molecule has 4 nitrogen and oxygen atoms in total. The lowest BCUT2D eigenvalue weighted by atomic mass is 10.1. The number of piperazine rings is 1. The third kappa shape index (κ3) is 2.77. The van der Waals surface area contributed by atoms with Crippen LogP contribution in [-0.4, -0.2) is 36.1 Å². The highest BCUT2D eigenvalue weighted by atomic mass is 32.1. The fourth-order valence-electron chi connectivity index (χ4n) is 3.16. The maximum absolute atomic E-state index is 4.89. The lowest BCUT2D eigenvalue weighted by Crippen LogP contribution is -2.46. The molecular weight excluding hydrogens is 304 g/mol. The van der Waals surface area contributed by atoms with Crippen molar-refractivity contribution in [2.75, 3.05) is 36.0 Å². The van der Waals surface area contributed by atoms with E-state index in [1.54, 1.807) is 0 Å². The molecule has 2 aromatic heterocycles. The largest absolute Gasteiger partial charge is 0.353 e. The van der Waals surface area contributed by atoms with Crippen molar-refractivity contribution in [2.24, 2.45) is 0 Å². The van der Waals surface area contributed by atoms with Crippen molar-refractivity contribution in [3.8, 4) is 0 Å². The monoisotopic (exact) mass is 324 g/mol. The van der Waals surface area contributed by atoms with Gasteiger partial charge in [0.25, 0.3) is 0 Å². The first-order valence-electron chi connectivity index (χ1n) is 7.99. The molecule has 3 aromatic rings. The summed E-state index contributed by atoms with van der Waals surface area (Å²) in [4.78, 5) is 14.1. The van der Waals surface area contributed by atoms with Crippen molar-refractivity contribution >= 4 is 32.5 Å². The van der Waals surface area contributed by atoms with E-state index in [-0.39, 0.29) is 0 Å². The topological polar surface area (TPSA) is 32.3 Å². The van der Waals surface area contributed by atoms with Crippen LogP contribution in [0.25, 0.3) is 10.2 Å². The van der Waals surface area contributed by atoms with Crippen molar-refractivity contribution in [1.29, 1.82) is 0 Å². The van der Waals surface area contributed by atoms with E-state index < -0.39 is 0 Å². The number of benzene rings is 1.